The van der Waals surface area contributed by atoms with Gasteiger partial charge in [-0.25, -0.2) is 0 Å². The fourth-order valence-corrected chi connectivity index (χ4v) is 1.67. The van der Waals surface area contributed by atoms with Crippen LogP contribution in [0.1, 0.15) is 11.1 Å². The van der Waals surface area contributed by atoms with E-state index in [0.717, 1.165) is 0 Å². The minimum atomic E-state index is 0.0757. The molecular formula is C14H8N2O. The van der Waals surface area contributed by atoms with Gasteiger partial charge in [0.05, 0.1) is 23.3 Å². The molecule has 0 aromatic heterocycles. The second-order valence-electron chi connectivity index (χ2n) is 3.50. The zero-order valence-electron chi connectivity index (χ0n) is 8.88. The molecule has 3 heteroatoms. The molecule has 0 spiro atoms. The molecule has 17 heavy (non-hydrogen) atoms. The monoisotopic (exact) mass is 220 g/mol. The van der Waals surface area contributed by atoms with Crippen LogP contribution in [-0.4, -0.2) is 5.11 Å². The summed E-state index contributed by atoms with van der Waals surface area (Å²) in [4.78, 5) is 0. The van der Waals surface area contributed by atoms with E-state index >= 15 is 0 Å². The van der Waals surface area contributed by atoms with E-state index in [0.29, 0.717) is 22.3 Å². The zero-order chi connectivity index (χ0) is 12.3. The minimum absolute atomic E-state index is 0.0757. The predicted octanol–water partition coefficient (Wildman–Crippen LogP) is 2.80. The number of rotatable bonds is 1. The van der Waals surface area contributed by atoms with Crippen molar-refractivity contribution in [2.45, 2.75) is 0 Å². The van der Waals surface area contributed by atoms with E-state index in [2.05, 4.69) is 12.1 Å². The van der Waals surface area contributed by atoms with Crippen molar-refractivity contribution in [2.75, 3.05) is 0 Å². The molecule has 3 nitrogen and oxygen atoms in total. The fraction of sp³-hybridized carbons (Fsp3) is 0. The quantitative estimate of drug-likeness (QED) is 0.803. The van der Waals surface area contributed by atoms with Crippen molar-refractivity contribution in [1.29, 1.82) is 10.5 Å². The molecule has 0 aliphatic rings. The molecule has 0 saturated carbocycles. The van der Waals surface area contributed by atoms with Gasteiger partial charge in [-0.2, -0.15) is 10.5 Å². The molecule has 2 aromatic carbocycles. The van der Waals surface area contributed by atoms with E-state index in [9.17, 15) is 5.11 Å². The number of nitrogens with zero attached hydrogens (tertiary/aromatic N) is 2. The van der Waals surface area contributed by atoms with Crippen LogP contribution in [0.4, 0.5) is 0 Å². The van der Waals surface area contributed by atoms with Crippen molar-refractivity contribution < 1.29 is 5.11 Å². The van der Waals surface area contributed by atoms with Gasteiger partial charge in [-0.1, -0.05) is 18.2 Å². The molecule has 0 fully saturated rings. The topological polar surface area (TPSA) is 67.8 Å². The van der Waals surface area contributed by atoms with Gasteiger partial charge in [-0.15, -0.1) is 0 Å². The second kappa shape index (κ2) is 4.38. The summed E-state index contributed by atoms with van der Waals surface area (Å²) in [5.74, 6) is 0.0757. The summed E-state index contributed by atoms with van der Waals surface area (Å²) in [6.07, 6.45) is 0. The van der Waals surface area contributed by atoms with Crippen LogP contribution in [0.2, 0.25) is 0 Å². The lowest BCUT2D eigenvalue weighted by Gasteiger charge is -2.06. The van der Waals surface area contributed by atoms with E-state index in [1.807, 2.05) is 0 Å². The predicted molar refractivity (Wildman–Crippen MR) is 63.0 cm³/mol. The van der Waals surface area contributed by atoms with Crippen LogP contribution in [0.25, 0.3) is 11.1 Å². The van der Waals surface area contributed by atoms with Crippen LogP contribution < -0.4 is 0 Å². The van der Waals surface area contributed by atoms with Crippen molar-refractivity contribution in [3.63, 3.8) is 0 Å². The number of aromatic hydroxyl groups is 1. The number of nitriles is 2. The average Bonchev–Trinajstić information content (AvgIpc) is 2.38. The first-order chi connectivity index (χ1) is 8.26. The normalized spacial score (nSPS) is 9.29. The Morgan fingerprint density at radius 3 is 2.18 bits per heavy atom. The van der Waals surface area contributed by atoms with Crippen molar-refractivity contribution in [3.05, 3.63) is 53.6 Å². The van der Waals surface area contributed by atoms with Crippen LogP contribution >= 0.6 is 0 Å². The van der Waals surface area contributed by atoms with Gasteiger partial charge in [0.25, 0.3) is 0 Å². The molecule has 0 saturated heterocycles. The van der Waals surface area contributed by atoms with E-state index < -0.39 is 0 Å². The first kappa shape index (κ1) is 10.7. The summed E-state index contributed by atoms with van der Waals surface area (Å²) in [5.41, 5.74) is 2.15. The lowest BCUT2D eigenvalue weighted by Crippen LogP contribution is -1.88. The molecule has 0 amide bonds. The van der Waals surface area contributed by atoms with Gasteiger partial charge in [0.1, 0.15) is 5.75 Å². The number of phenols is 1. The Kier molecular flexibility index (Phi) is 2.77. The molecule has 0 aliphatic carbocycles. The van der Waals surface area contributed by atoms with E-state index in [1.165, 1.54) is 12.1 Å². The van der Waals surface area contributed by atoms with E-state index in [1.54, 1.807) is 30.3 Å². The second-order valence-corrected chi connectivity index (χ2v) is 3.50. The molecule has 0 aliphatic heterocycles. The molecule has 1 N–H and O–H groups in total. The lowest BCUT2D eigenvalue weighted by molar-refractivity contribution is 0.475. The Labute approximate surface area is 98.8 Å². The van der Waals surface area contributed by atoms with Gasteiger partial charge in [0, 0.05) is 11.1 Å². The maximum Gasteiger partial charge on any atom is 0.116 e. The average molecular weight is 220 g/mol. The third kappa shape index (κ3) is 1.95. The Morgan fingerprint density at radius 1 is 0.824 bits per heavy atom. The number of hydrogen-bond donors (Lipinski definition) is 1. The van der Waals surface area contributed by atoms with Crippen molar-refractivity contribution in [1.82, 2.24) is 0 Å². The first-order valence-electron chi connectivity index (χ1n) is 4.99. The number of benzene rings is 2. The van der Waals surface area contributed by atoms with E-state index in [4.69, 9.17) is 10.5 Å². The fourth-order valence-electron chi connectivity index (χ4n) is 1.67. The van der Waals surface area contributed by atoms with Gasteiger partial charge in [-0.3, -0.25) is 0 Å². The van der Waals surface area contributed by atoms with E-state index in [-0.39, 0.29) is 5.75 Å². The highest BCUT2D eigenvalue weighted by molar-refractivity contribution is 5.76. The summed E-state index contributed by atoms with van der Waals surface area (Å²) < 4.78 is 0. The highest BCUT2D eigenvalue weighted by atomic mass is 16.3. The molecular weight excluding hydrogens is 212 g/mol. The smallest absolute Gasteiger partial charge is 0.116 e. The maximum atomic E-state index is 9.47. The Hall–Kier alpha value is -2.78. The molecule has 80 valence electrons. The summed E-state index contributed by atoms with van der Waals surface area (Å²) in [7, 11) is 0. The van der Waals surface area contributed by atoms with Gasteiger partial charge in [0.2, 0.25) is 0 Å². The molecule has 2 aromatic rings. The Balaban J connectivity index is 2.73. The lowest BCUT2D eigenvalue weighted by atomic mass is 9.96. The number of phenolic OH excluding ortho intramolecular Hbond substituents is 1. The highest BCUT2D eigenvalue weighted by Gasteiger charge is 2.09. The summed E-state index contributed by atoms with van der Waals surface area (Å²) in [6, 6.07) is 15.6. The van der Waals surface area contributed by atoms with Gasteiger partial charge in [-0.05, 0) is 24.3 Å². The van der Waals surface area contributed by atoms with Crippen molar-refractivity contribution in [2.24, 2.45) is 0 Å². The summed E-state index contributed by atoms with van der Waals surface area (Å²) >= 11 is 0. The third-order valence-electron chi connectivity index (χ3n) is 2.46. The molecule has 0 atom stereocenters. The zero-order valence-corrected chi connectivity index (χ0v) is 8.88. The molecule has 0 unspecified atom stereocenters. The number of hydrogen-bond acceptors (Lipinski definition) is 3. The summed E-state index contributed by atoms with van der Waals surface area (Å²) in [6.45, 7) is 0. The van der Waals surface area contributed by atoms with Crippen molar-refractivity contribution >= 4 is 0 Å². The van der Waals surface area contributed by atoms with Crippen molar-refractivity contribution in [3.8, 4) is 29.0 Å². The SMILES string of the molecule is N#Cc1ccccc1-c1cc(O)ccc1C#N. The minimum Gasteiger partial charge on any atom is -0.508 e. The van der Waals surface area contributed by atoms with Crippen LogP contribution in [-0.2, 0) is 0 Å². The first-order valence-corrected chi connectivity index (χ1v) is 4.99. The Bertz CT molecular complexity index is 648. The molecule has 0 bridgehead atoms. The molecule has 2 rings (SSSR count). The van der Waals surface area contributed by atoms with Gasteiger partial charge >= 0.3 is 0 Å². The van der Waals surface area contributed by atoms with Crippen LogP contribution in [0.3, 0.4) is 0 Å². The van der Waals surface area contributed by atoms with Crippen LogP contribution in [0.5, 0.6) is 5.75 Å². The summed E-state index contributed by atoms with van der Waals surface area (Å²) in [5, 5.41) is 27.5. The Morgan fingerprint density at radius 2 is 1.47 bits per heavy atom. The maximum absolute atomic E-state index is 9.47. The van der Waals surface area contributed by atoms with Gasteiger partial charge < -0.3 is 5.11 Å². The third-order valence-corrected chi connectivity index (χ3v) is 2.46. The van der Waals surface area contributed by atoms with Crippen LogP contribution in [0, 0.1) is 22.7 Å². The standard InChI is InChI=1S/C14H8N2O/c15-8-10-3-1-2-4-13(10)14-7-12(17)6-5-11(14)9-16/h1-7,17H. The van der Waals surface area contributed by atoms with Gasteiger partial charge in [0.15, 0.2) is 0 Å². The largest absolute Gasteiger partial charge is 0.508 e. The highest BCUT2D eigenvalue weighted by Crippen LogP contribution is 2.29. The molecule has 0 radical (unpaired) electrons. The van der Waals surface area contributed by atoms with Crippen LogP contribution in [0.15, 0.2) is 42.5 Å². The molecule has 0 heterocycles.